The number of carbonyl (C=O) groups is 1. The highest BCUT2D eigenvalue weighted by Crippen LogP contribution is 2.34. The van der Waals surface area contributed by atoms with Crippen LogP contribution < -0.4 is 23.8 Å². The fourth-order valence-corrected chi connectivity index (χ4v) is 4.69. The average molecular weight is 435 g/mol. The van der Waals surface area contributed by atoms with Crippen LogP contribution in [-0.2, 0) is 14.8 Å². The molecule has 162 valence electrons. The topological polar surface area (TPSA) is 94.2 Å². The normalized spacial score (nSPS) is 15.2. The molecule has 1 amide bonds. The van der Waals surface area contributed by atoms with Crippen LogP contribution in [0.15, 0.2) is 41.3 Å². The van der Waals surface area contributed by atoms with Crippen LogP contribution >= 0.6 is 0 Å². The first-order valence-electron chi connectivity index (χ1n) is 9.53. The molecule has 0 unspecified atom stereocenters. The Bertz CT molecular complexity index is 1040. The largest absolute Gasteiger partial charge is 0.495 e. The third kappa shape index (κ3) is 4.36. The Labute approximate surface area is 176 Å². The van der Waals surface area contributed by atoms with Gasteiger partial charge in [0.15, 0.2) is 11.5 Å². The number of rotatable bonds is 8. The van der Waals surface area contributed by atoms with Crippen molar-refractivity contribution in [3.05, 3.63) is 42.0 Å². The highest BCUT2D eigenvalue weighted by atomic mass is 32.2. The molecule has 2 aromatic rings. The van der Waals surface area contributed by atoms with E-state index in [2.05, 4.69) is 4.72 Å². The Morgan fingerprint density at radius 3 is 2.23 bits per heavy atom. The van der Waals surface area contributed by atoms with Crippen molar-refractivity contribution in [3.8, 4) is 17.2 Å². The standard InChI is InChI=1S/C21H26N2O6S/c1-14(15-7-9-19(28-3)20(12-15)29-4)22-30(25,26)16-8-10-18(27-2)17(13-16)23-11-5-6-21(23)24/h7-10,12-14,22H,5-6,11H2,1-4H3/t14-/m0/s1. The Morgan fingerprint density at radius 2 is 1.63 bits per heavy atom. The van der Waals surface area contributed by atoms with Crippen molar-refractivity contribution in [2.75, 3.05) is 32.8 Å². The molecule has 2 aromatic carbocycles. The van der Waals surface area contributed by atoms with Crippen molar-refractivity contribution in [1.29, 1.82) is 0 Å². The second-order valence-corrected chi connectivity index (χ2v) is 8.65. The van der Waals surface area contributed by atoms with Gasteiger partial charge in [0.25, 0.3) is 0 Å². The maximum atomic E-state index is 13.0. The zero-order chi connectivity index (χ0) is 21.9. The molecule has 1 aliphatic heterocycles. The Kier molecular flexibility index (Phi) is 6.52. The molecule has 9 heteroatoms. The van der Waals surface area contributed by atoms with E-state index in [1.54, 1.807) is 36.1 Å². The van der Waals surface area contributed by atoms with Crippen molar-refractivity contribution in [2.24, 2.45) is 0 Å². The number of anilines is 1. The van der Waals surface area contributed by atoms with E-state index < -0.39 is 16.1 Å². The van der Waals surface area contributed by atoms with Gasteiger partial charge in [-0.25, -0.2) is 13.1 Å². The third-order valence-electron chi connectivity index (χ3n) is 5.06. The number of benzene rings is 2. The van der Waals surface area contributed by atoms with E-state index in [-0.39, 0.29) is 10.8 Å². The highest BCUT2D eigenvalue weighted by molar-refractivity contribution is 7.89. The smallest absolute Gasteiger partial charge is 0.241 e. The second kappa shape index (κ2) is 8.93. The molecule has 0 spiro atoms. The molecule has 1 aliphatic rings. The molecule has 8 nitrogen and oxygen atoms in total. The van der Waals surface area contributed by atoms with Gasteiger partial charge >= 0.3 is 0 Å². The number of hydrogen-bond acceptors (Lipinski definition) is 6. The van der Waals surface area contributed by atoms with Crippen LogP contribution in [0.2, 0.25) is 0 Å². The molecule has 0 aromatic heterocycles. The van der Waals surface area contributed by atoms with Crippen LogP contribution in [-0.4, -0.2) is 42.2 Å². The second-order valence-electron chi connectivity index (χ2n) is 6.94. The van der Waals surface area contributed by atoms with Crippen molar-refractivity contribution < 1.29 is 27.4 Å². The fraction of sp³-hybridized carbons (Fsp3) is 0.381. The quantitative estimate of drug-likeness (QED) is 0.687. The van der Waals surface area contributed by atoms with E-state index in [1.807, 2.05) is 0 Å². The minimum Gasteiger partial charge on any atom is -0.495 e. The molecular formula is C21H26N2O6S. The zero-order valence-electron chi connectivity index (χ0n) is 17.5. The molecular weight excluding hydrogens is 408 g/mol. The van der Waals surface area contributed by atoms with Crippen LogP contribution in [0.4, 0.5) is 5.69 Å². The average Bonchev–Trinajstić information content (AvgIpc) is 3.17. The van der Waals surface area contributed by atoms with Gasteiger partial charge < -0.3 is 19.1 Å². The first-order chi connectivity index (χ1) is 14.3. The molecule has 1 heterocycles. The molecule has 3 rings (SSSR count). The van der Waals surface area contributed by atoms with Crippen molar-refractivity contribution in [3.63, 3.8) is 0 Å². The summed E-state index contributed by atoms with van der Waals surface area (Å²) in [6.07, 6.45) is 1.17. The summed E-state index contributed by atoms with van der Waals surface area (Å²) in [4.78, 5) is 13.8. The maximum absolute atomic E-state index is 13.0. The number of sulfonamides is 1. The summed E-state index contributed by atoms with van der Waals surface area (Å²) in [6.45, 7) is 2.28. The van der Waals surface area contributed by atoms with Gasteiger partial charge in [0, 0.05) is 19.0 Å². The van der Waals surface area contributed by atoms with Crippen molar-refractivity contribution in [1.82, 2.24) is 4.72 Å². The molecule has 1 N–H and O–H groups in total. The van der Waals surface area contributed by atoms with Crippen LogP contribution in [0.5, 0.6) is 17.2 Å². The summed E-state index contributed by atoms with van der Waals surface area (Å²) in [6, 6.07) is 9.22. The number of nitrogens with one attached hydrogen (secondary N) is 1. The van der Waals surface area contributed by atoms with E-state index in [0.717, 1.165) is 12.0 Å². The van der Waals surface area contributed by atoms with Gasteiger partial charge in [-0.15, -0.1) is 0 Å². The monoisotopic (exact) mass is 434 g/mol. The number of hydrogen-bond donors (Lipinski definition) is 1. The van der Waals surface area contributed by atoms with Gasteiger partial charge in [0.1, 0.15) is 5.75 Å². The summed E-state index contributed by atoms with van der Waals surface area (Å²) in [5, 5.41) is 0. The van der Waals surface area contributed by atoms with E-state index in [0.29, 0.717) is 35.9 Å². The Hall–Kier alpha value is -2.78. The van der Waals surface area contributed by atoms with Crippen LogP contribution in [0.3, 0.4) is 0 Å². The Balaban J connectivity index is 1.89. The van der Waals surface area contributed by atoms with E-state index in [1.165, 1.54) is 33.5 Å². The minimum absolute atomic E-state index is 0.0468. The Morgan fingerprint density at radius 1 is 0.967 bits per heavy atom. The molecule has 0 saturated carbocycles. The van der Waals surface area contributed by atoms with Crippen LogP contribution in [0.1, 0.15) is 31.4 Å². The van der Waals surface area contributed by atoms with Crippen molar-refractivity contribution in [2.45, 2.75) is 30.7 Å². The zero-order valence-corrected chi connectivity index (χ0v) is 18.3. The number of nitrogens with zero attached hydrogens (tertiary/aromatic N) is 1. The number of carbonyl (C=O) groups excluding carboxylic acids is 1. The lowest BCUT2D eigenvalue weighted by atomic mass is 10.1. The number of amides is 1. The fourth-order valence-electron chi connectivity index (χ4n) is 3.44. The van der Waals surface area contributed by atoms with Gasteiger partial charge in [0.05, 0.1) is 31.9 Å². The summed E-state index contributed by atoms with van der Waals surface area (Å²) in [5.74, 6) is 1.48. The molecule has 0 aliphatic carbocycles. The van der Waals surface area contributed by atoms with Crippen LogP contribution in [0.25, 0.3) is 0 Å². The number of ether oxygens (including phenoxy) is 3. The van der Waals surface area contributed by atoms with Crippen molar-refractivity contribution >= 4 is 21.6 Å². The third-order valence-corrected chi connectivity index (χ3v) is 6.60. The molecule has 0 radical (unpaired) electrons. The van der Waals surface area contributed by atoms with E-state index in [4.69, 9.17) is 14.2 Å². The molecule has 0 bridgehead atoms. The predicted molar refractivity (Wildman–Crippen MR) is 113 cm³/mol. The molecule has 1 atom stereocenters. The predicted octanol–water partition coefficient (Wildman–Crippen LogP) is 2.88. The van der Waals surface area contributed by atoms with Gasteiger partial charge in [-0.2, -0.15) is 0 Å². The summed E-state index contributed by atoms with van der Waals surface area (Å²) in [5.41, 5.74) is 1.18. The van der Waals surface area contributed by atoms with E-state index >= 15 is 0 Å². The molecule has 1 saturated heterocycles. The van der Waals surface area contributed by atoms with Gasteiger partial charge in [-0.3, -0.25) is 4.79 Å². The molecule has 1 fully saturated rings. The summed E-state index contributed by atoms with van der Waals surface area (Å²) in [7, 11) is 0.699. The van der Waals surface area contributed by atoms with Crippen LogP contribution in [0, 0.1) is 0 Å². The van der Waals surface area contributed by atoms with Gasteiger partial charge in [-0.05, 0) is 49.2 Å². The highest BCUT2D eigenvalue weighted by Gasteiger charge is 2.27. The molecule has 30 heavy (non-hydrogen) atoms. The lowest BCUT2D eigenvalue weighted by Crippen LogP contribution is -2.28. The minimum atomic E-state index is -3.85. The summed E-state index contributed by atoms with van der Waals surface area (Å²) < 4.78 is 44.6. The maximum Gasteiger partial charge on any atom is 0.241 e. The SMILES string of the molecule is COc1ccc([C@H](C)NS(=O)(=O)c2ccc(OC)c(N3CCCC3=O)c2)cc1OC. The first-order valence-corrected chi connectivity index (χ1v) is 11.0. The van der Waals surface area contributed by atoms with E-state index in [9.17, 15) is 13.2 Å². The lowest BCUT2D eigenvalue weighted by molar-refractivity contribution is -0.117. The number of methoxy groups -OCH3 is 3. The van der Waals surface area contributed by atoms with Gasteiger partial charge in [0.2, 0.25) is 15.9 Å². The first kappa shape index (κ1) is 21.9. The summed E-state index contributed by atoms with van der Waals surface area (Å²) >= 11 is 0. The lowest BCUT2D eigenvalue weighted by Gasteiger charge is -2.21. The van der Waals surface area contributed by atoms with Gasteiger partial charge in [-0.1, -0.05) is 6.07 Å².